The van der Waals surface area contributed by atoms with Gasteiger partial charge in [0.15, 0.2) is 0 Å². The first-order valence-electron chi connectivity index (χ1n) is 16.4. The zero-order valence-corrected chi connectivity index (χ0v) is 30.3. The van der Waals surface area contributed by atoms with Crippen molar-refractivity contribution in [3.8, 4) is 5.75 Å². The Kier molecular flexibility index (Phi) is 12.8. The molecule has 13 nitrogen and oxygen atoms in total. The number of hydrogen-bond donors (Lipinski definition) is 5. The number of carbonyl (C=O) groups excluding carboxylic acids is 2. The van der Waals surface area contributed by atoms with Crippen molar-refractivity contribution in [2.24, 2.45) is 15.9 Å². The number of nitrogens with one attached hydrogen (secondary N) is 2. The first kappa shape index (κ1) is 39.3. The number of nitrogens with two attached hydrogens (primary N) is 2. The van der Waals surface area contributed by atoms with E-state index >= 15 is 0 Å². The lowest BCUT2D eigenvalue weighted by Crippen LogP contribution is -2.45. The number of rotatable bonds is 16. The fourth-order valence-electron chi connectivity index (χ4n) is 5.93. The third-order valence-electron chi connectivity index (χ3n) is 8.38. The highest BCUT2D eigenvalue weighted by atomic mass is 32.2. The Balaban J connectivity index is 1.72. The van der Waals surface area contributed by atoms with Crippen LogP contribution in [0.3, 0.4) is 0 Å². The lowest BCUT2D eigenvalue weighted by molar-refractivity contribution is -0.161. The Morgan fingerprint density at radius 1 is 1.14 bits per heavy atom. The van der Waals surface area contributed by atoms with Crippen LogP contribution in [-0.2, 0) is 48.4 Å². The summed E-state index contributed by atoms with van der Waals surface area (Å²) in [5.74, 6) is -2.15. The van der Waals surface area contributed by atoms with Gasteiger partial charge < -0.3 is 36.7 Å². The molecule has 0 saturated heterocycles. The largest absolute Gasteiger partial charge is 0.487 e. The van der Waals surface area contributed by atoms with Crippen LogP contribution in [-0.4, -0.2) is 67.2 Å². The topological polar surface area (TPSA) is 212 Å². The van der Waals surface area contributed by atoms with Crippen LogP contribution in [0, 0.1) is 13.8 Å². The molecule has 2 aromatic carbocycles. The minimum Gasteiger partial charge on any atom is -0.487 e. The molecule has 0 saturated carbocycles. The molecule has 1 heterocycles. The number of carbonyl (C=O) groups is 3. The molecule has 1 aliphatic heterocycles. The second-order valence-electron chi connectivity index (χ2n) is 13.9. The average Bonchev–Trinajstić information content (AvgIpc) is 3.30. The van der Waals surface area contributed by atoms with E-state index in [0.29, 0.717) is 48.1 Å². The number of benzene rings is 2. The molecule has 270 valence electrons. The van der Waals surface area contributed by atoms with Crippen LogP contribution in [0.5, 0.6) is 5.75 Å². The van der Waals surface area contributed by atoms with Crippen molar-refractivity contribution < 1.29 is 37.4 Å². The fraction of sp³-hybridized carbons (Fsp3) is 0.543. The predicted octanol–water partition coefficient (Wildman–Crippen LogP) is 3.19. The highest BCUT2D eigenvalue weighted by Gasteiger charge is 2.38. The maximum atomic E-state index is 13.9. The van der Waals surface area contributed by atoms with Crippen LogP contribution in [0.15, 0.2) is 39.6 Å². The molecule has 0 bridgehead atoms. The van der Waals surface area contributed by atoms with Gasteiger partial charge in [-0.25, -0.2) is 0 Å². The lowest BCUT2D eigenvalue weighted by atomic mass is 9.89. The summed E-state index contributed by atoms with van der Waals surface area (Å²) in [5, 5.41) is 14.7. The summed E-state index contributed by atoms with van der Waals surface area (Å²) >= 11 is 0. The zero-order chi connectivity index (χ0) is 36.7. The number of fused-ring (bicyclic) bond motifs is 1. The van der Waals surface area contributed by atoms with Gasteiger partial charge >= 0.3 is 11.9 Å². The monoisotopic (exact) mass is 701 g/mol. The first-order valence-corrected chi connectivity index (χ1v) is 17.9. The Labute approximate surface area is 289 Å². The van der Waals surface area contributed by atoms with Crippen molar-refractivity contribution >= 4 is 33.8 Å². The summed E-state index contributed by atoms with van der Waals surface area (Å²) in [7, 11) is -4.34. The molecular weight excluding hydrogens is 650 g/mol. The molecule has 0 radical (unpaired) electrons. The molecule has 2 aromatic rings. The zero-order valence-electron chi connectivity index (χ0n) is 29.5. The number of guanidine groups is 1. The Morgan fingerprint density at radius 2 is 1.80 bits per heavy atom. The van der Waals surface area contributed by atoms with Crippen molar-refractivity contribution in [1.82, 2.24) is 10.6 Å². The van der Waals surface area contributed by atoms with Crippen LogP contribution < -0.4 is 26.8 Å². The summed E-state index contributed by atoms with van der Waals surface area (Å²) in [6.07, 6.45) is 1.49. The lowest BCUT2D eigenvalue weighted by Gasteiger charge is -2.26. The van der Waals surface area contributed by atoms with Crippen LogP contribution in [0.25, 0.3) is 0 Å². The van der Waals surface area contributed by atoms with Crippen molar-refractivity contribution in [2.45, 2.75) is 122 Å². The third-order valence-corrected chi connectivity index (χ3v) is 9.89. The summed E-state index contributed by atoms with van der Waals surface area (Å²) < 4.78 is 43.4. The molecule has 0 unspecified atom stereocenters. The standard InChI is InChI=1S/C35H51N5O8S/c1-21(18-24-12-9-8-10-13-24)39-32(44)27(36)14-11-17-38-33(37)40-49(45,46)31-23(3)22(2)30-26(20-35(6,7)48-30)25(31)15-16-34(4,5)47-29(43)19-28(41)42/h8-10,12-13,21,27H,11,14-20,36H2,1-7H3,(H,39,44)(H,41,42)(H3,37,38,40)/t21-,27-/m0/s1. The quantitative estimate of drug-likeness (QED) is 0.0564. The van der Waals surface area contributed by atoms with Gasteiger partial charge in [-0.1, -0.05) is 30.3 Å². The molecule has 2 atom stereocenters. The molecule has 0 aliphatic carbocycles. The molecule has 0 fully saturated rings. The van der Waals surface area contributed by atoms with Crippen molar-refractivity contribution in [3.05, 3.63) is 58.1 Å². The molecule has 3 rings (SSSR count). The van der Waals surface area contributed by atoms with Gasteiger partial charge in [0.25, 0.3) is 10.0 Å². The molecule has 0 aromatic heterocycles. The van der Waals surface area contributed by atoms with Gasteiger partial charge in [0.2, 0.25) is 11.9 Å². The first-order chi connectivity index (χ1) is 22.7. The van der Waals surface area contributed by atoms with Crippen molar-refractivity contribution in [2.75, 3.05) is 6.54 Å². The van der Waals surface area contributed by atoms with E-state index in [4.69, 9.17) is 26.0 Å². The number of aliphatic carboxylic acids is 1. The summed E-state index contributed by atoms with van der Waals surface area (Å²) in [4.78, 5) is 35.7. The maximum absolute atomic E-state index is 13.9. The maximum Gasteiger partial charge on any atom is 0.317 e. The molecule has 1 aliphatic rings. The van der Waals surface area contributed by atoms with E-state index in [-0.39, 0.29) is 42.2 Å². The van der Waals surface area contributed by atoms with Crippen molar-refractivity contribution in [3.63, 3.8) is 0 Å². The Morgan fingerprint density at radius 3 is 2.43 bits per heavy atom. The Hall–Kier alpha value is -4.17. The van der Waals surface area contributed by atoms with Gasteiger partial charge in [-0.3, -0.25) is 14.4 Å². The van der Waals surface area contributed by atoms with Crippen LogP contribution in [0.1, 0.15) is 88.1 Å². The average molecular weight is 702 g/mol. The number of amides is 1. The van der Waals surface area contributed by atoms with E-state index in [0.717, 1.165) is 11.1 Å². The molecule has 7 N–H and O–H groups in total. The van der Waals surface area contributed by atoms with E-state index < -0.39 is 45.6 Å². The van der Waals surface area contributed by atoms with Crippen LogP contribution in [0.2, 0.25) is 0 Å². The molecular formula is C35H51N5O8S. The smallest absolute Gasteiger partial charge is 0.317 e. The van der Waals surface area contributed by atoms with E-state index in [1.165, 1.54) is 0 Å². The minimum absolute atomic E-state index is 0.00535. The number of nitrogens with zero attached hydrogens (tertiary/aromatic N) is 1. The van der Waals surface area contributed by atoms with Crippen molar-refractivity contribution in [1.29, 1.82) is 0 Å². The van der Waals surface area contributed by atoms with Gasteiger partial charge in [0, 0.05) is 24.6 Å². The molecule has 14 heteroatoms. The van der Waals surface area contributed by atoms with E-state index in [1.807, 2.05) is 51.1 Å². The number of ether oxygens (including phenoxy) is 2. The van der Waals surface area contributed by atoms with Gasteiger partial charge in [0.05, 0.1) is 10.9 Å². The molecule has 1 amide bonds. The van der Waals surface area contributed by atoms with E-state index in [1.54, 1.807) is 27.7 Å². The highest BCUT2D eigenvalue weighted by Crippen LogP contribution is 2.45. The number of esters is 1. The normalized spacial score (nSPS) is 15.5. The predicted molar refractivity (Wildman–Crippen MR) is 187 cm³/mol. The van der Waals surface area contributed by atoms with Gasteiger partial charge in [-0.15, -0.1) is 4.40 Å². The van der Waals surface area contributed by atoms with Gasteiger partial charge in [0.1, 0.15) is 23.4 Å². The van der Waals surface area contributed by atoms with Gasteiger partial charge in [-0.2, -0.15) is 8.42 Å². The fourth-order valence-corrected chi connectivity index (χ4v) is 7.43. The third kappa shape index (κ3) is 11.2. The van der Waals surface area contributed by atoms with Crippen LogP contribution >= 0.6 is 0 Å². The molecule has 49 heavy (non-hydrogen) atoms. The number of hydrogen-bond acceptors (Lipinski definition) is 8. The van der Waals surface area contributed by atoms with Gasteiger partial charge in [-0.05, 0) is 103 Å². The summed E-state index contributed by atoms with van der Waals surface area (Å²) in [6, 6.07) is 8.97. The Bertz CT molecular complexity index is 1670. The number of sulfonamides is 1. The highest BCUT2D eigenvalue weighted by molar-refractivity contribution is 7.90. The SMILES string of the molecule is Cc1c(C)c(S(=O)(=O)/N=C(\N)NCCC[C@H](N)C(=O)N[C@@H](C)Cc2ccccc2)c(CCC(C)(C)OC(=O)CC(=O)O)c2c1OC(C)(C)C2. The summed E-state index contributed by atoms with van der Waals surface area (Å²) in [6.45, 7) is 12.7. The minimum atomic E-state index is -4.34. The summed E-state index contributed by atoms with van der Waals surface area (Å²) in [5.41, 5.74) is 14.0. The molecule has 0 spiro atoms. The second-order valence-corrected chi connectivity index (χ2v) is 15.5. The second kappa shape index (κ2) is 16.0. The van der Waals surface area contributed by atoms with E-state index in [2.05, 4.69) is 15.0 Å². The van der Waals surface area contributed by atoms with E-state index in [9.17, 15) is 22.8 Å². The number of carboxylic acid groups (broad SMARTS) is 1. The van der Waals surface area contributed by atoms with Crippen LogP contribution in [0.4, 0.5) is 0 Å². The number of carboxylic acids is 1.